The summed E-state index contributed by atoms with van der Waals surface area (Å²) in [5.74, 6) is 0. The van der Waals surface area contributed by atoms with Crippen molar-refractivity contribution < 1.29 is 34.3 Å². The van der Waals surface area contributed by atoms with Crippen LogP contribution in [0.1, 0.15) is 0 Å². The van der Waals surface area contributed by atoms with Crippen molar-refractivity contribution in [3.05, 3.63) is 0 Å². The van der Waals surface area contributed by atoms with E-state index in [0.717, 1.165) is 0 Å². The van der Waals surface area contributed by atoms with E-state index in [4.69, 9.17) is 24.7 Å². The van der Waals surface area contributed by atoms with Crippen molar-refractivity contribution >= 4 is 51.9 Å². The van der Waals surface area contributed by atoms with Gasteiger partial charge < -0.3 is 34.3 Å². The fourth-order valence-corrected chi connectivity index (χ4v) is 30.7. The zero-order chi connectivity index (χ0) is 19.2. The van der Waals surface area contributed by atoms with Crippen LogP contribution in [0.2, 0.25) is 65.5 Å². The summed E-state index contributed by atoms with van der Waals surface area (Å²) >= 11 is 0. The summed E-state index contributed by atoms with van der Waals surface area (Å²) in [6, 6.07) is 0. The molecule has 1 saturated heterocycles. The molecule has 0 aromatic heterocycles. The Morgan fingerprint density at radius 3 is 0.833 bits per heavy atom. The van der Waals surface area contributed by atoms with Crippen LogP contribution >= 0.6 is 0 Å². The molecule has 0 aromatic rings. The highest BCUT2D eigenvalue weighted by molar-refractivity contribution is 6.91. The van der Waals surface area contributed by atoms with Gasteiger partial charge in [-0.25, -0.2) is 0 Å². The monoisotopic (exact) mass is 448 g/mol. The standard InChI is InChI=1S/C10H32O8Si6/c1-19(2)13-20(3,4)15-22(7,8)17-24(10,12)18-23(9,11)16-21(5,6)14-19/h11-12H,1-10H3. The third-order valence-electron chi connectivity index (χ3n) is 2.72. The van der Waals surface area contributed by atoms with E-state index in [2.05, 4.69) is 0 Å². The largest absolute Gasteiger partial charge is 0.478 e. The zero-order valence-corrected chi connectivity index (χ0v) is 22.3. The van der Waals surface area contributed by atoms with Crippen LogP contribution in [-0.4, -0.2) is 61.4 Å². The molecule has 0 spiro atoms. The SMILES string of the molecule is C[Si]1(C)O[Si](C)(C)O[Si](C)(C)O[Si](C)(O)O[Si](C)(O)O[Si](C)(C)O1. The van der Waals surface area contributed by atoms with Gasteiger partial charge in [0.1, 0.15) is 0 Å². The Morgan fingerprint density at radius 2 is 0.583 bits per heavy atom. The van der Waals surface area contributed by atoms with Gasteiger partial charge in [-0.2, -0.15) is 0 Å². The minimum absolute atomic E-state index is 1.46. The Hall–Kier alpha value is 0.981. The molecule has 0 amide bonds. The first-order valence-corrected chi connectivity index (χ1v) is 23.7. The van der Waals surface area contributed by atoms with Crippen LogP contribution in [0.25, 0.3) is 0 Å². The van der Waals surface area contributed by atoms with Gasteiger partial charge in [-0.15, -0.1) is 0 Å². The maximum Gasteiger partial charge on any atom is 0.478 e. The first kappa shape index (κ1) is 23.0. The van der Waals surface area contributed by atoms with Crippen LogP contribution in [0, 0.1) is 0 Å². The molecular weight excluding hydrogens is 417 g/mol. The summed E-state index contributed by atoms with van der Waals surface area (Å²) in [7, 11) is -17.8. The summed E-state index contributed by atoms with van der Waals surface area (Å²) in [5.41, 5.74) is 0. The van der Waals surface area contributed by atoms with Crippen molar-refractivity contribution in [1.29, 1.82) is 0 Å². The van der Waals surface area contributed by atoms with Crippen molar-refractivity contribution in [2.45, 2.75) is 65.5 Å². The first-order chi connectivity index (χ1) is 10.2. The van der Waals surface area contributed by atoms with E-state index in [9.17, 15) is 9.59 Å². The second-order valence-electron chi connectivity index (χ2n) is 8.01. The van der Waals surface area contributed by atoms with Crippen LogP contribution in [0.15, 0.2) is 0 Å². The lowest BCUT2D eigenvalue weighted by Crippen LogP contribution is -2.65. The predicted octanol–water partition coefficient (Wildman–Crippen LogP) is 2.03. The van der Waals surface area contributed by atoms with E-state index in [-0.39, 0.29) is 0 Å². The third-order valence-corrected chi connectivity index (χ3v) is 24.5. The van der Waals surface area contributed by atoms with Gasteiger partial charge in [-0.05, 0) is 52.4 Å². The fourth-order valence-electron chi connectivity index (χ4n) is 3.16. The molecule has 8 nitrogen and oxygen atoms in total. The lowest BCUT2D eigenvalue weighted by Gasteiger charge is -2.44. The van der Waals surface area contributed by atoms with E-state index < -0.39 is 51.9 Å². The Labute approximate surface area is 151 Å². The molecule has 2 N–H and O–H groups in total. The average molecular weight is 449 g/mol. The van der Waals surface area contributed by atoms with E-state index in [0.29, 0.717) is 0 Å². The van der Waals surface area contributed by atoms with Crippen molar-refractivity contribution in [3.8, 4) is 0 Å². The van der Waals surface area contributed by atoms with Gasteiger partial charge in [0.05, 0.1) is 0 Å². The van der Waals surface area contributed by atoms with Crippen molar-refractivity contribution in [1.82, 2.24) is 0 Å². The molecule has 144 valence electrons. The fraction of sp³-hybridized carbons (Fsp3) is 1.00. The minimum atomic E-state index is -3.63. The second-order valence-corrected chi connectivity index (χ2v) is 27.7. The Balaban J connectivity index is 3.24. The molecule has 0 bridgehead atoms. The molecule has 0 aliphatic carbocycles. The van der Waals surface area contributed by atoms with Gasteiger partial charge in [0.25, 0.3) is 0 Å². The molecule has 2 atom stereocenters. The average Bonchev–Trinajstić information content (AvgIpc) is 1.98. The molecule has 24 heavy (non-hydrogen) atoms. The van der Waals surface area contributed by atoms with Crippen molar-refractivity contribution in [2.24, 2.45) is 0 Å². The molecule has 0 radical (unpaired) electrons. The highest BCUT2D eigenvalue weighted by Gasteiger charge is 2.54. The Bertz CT molecular complexity index is 334. The summed E-state index contributed by atoms with van der Waals surface area (Å²) < 4.78 is 35.9. The molecule has 0 aromatic carbocycles. The summed E-state index contributed by atoms with van der Waals surface area (Å²) in [4.78, 5) is 21.1. The molecule has 1 heterocycles. The van der Waals surface area contributed by atoms with Gasteiger partial charge in [-0.3, -0.25) is 0 Å². The Morgan fingerprint density at radius 1 is 0.375 bits per heavy atom. The predicted molar refractivity (Wildman–Crippen MR) is 104 cm³/mol. The number of rotatable bonds is 0. The van der Waals surface area contributed by atoms with E-state index in [1.165, 1.54) is 13.1 Å². The van der Waals surface area contributed by atoms with Crippen LogP contribution in [0.4, 0.5) is 0 Å². The molecule has 2 unspecified atom stereocenters. The maximum absolute atomic E-state index is 10.6. The van der Waals surface area contributed by atoms with Gasteiger partial charge >= 0.3 is 51.9 Å². The minimum Gasteiger partial charge on any atom is -0.416 e. The summed E-state index contributed by atoms with van der Waals surface area (Å²) in [6.07, 6.45) is 0. The smallest absolute Gasteiger partial charge is 0.416 e. The summed E-state index contributed by atoms with van der Waals surface area (Å²) in [5, 5.41) is 0. The maximum atomic E-state index is 10.6. The molecule has 1 aliphatic heterocycles. The quantitative estimate of drug-likeness (QED) is 0.543. The van der Waals surface area contributed by atoms with Crippen LogP contribution in [-0.2, 0) is 24.7 Å². The van der Waals surface area contributed by atoms with E-state index in [1.54, 1.807) is 0 Å². The Kier molecular flexibility index (Phi) is 6.58. The van der Waals surface area contributed by atoms with E-state index >= 15 is 0 Å². The molecule has 1 rings (SSSR count). The van der Waals surface area contributed by atoms with E-state index in [1.807, 2.05) is 52.4 Å². The topological polar surface area (TPSA) is 95.8 Å². The van der Waals surface area contributed by atoms with Crippen LogP contribution < -0.4 is 0 Å². The van der Waals surface area contributed by atoms with Crippen LogP contribution in [0.5, 0.6) is 0 Å². The number of hydrogen-bond acceptors (Lipinski definition) is 8. The van der Waals surface area contributed by atoms with Gasteiger partial charge in [0.15, 0.2) is 0 Å². The number of hydrogen-bond donors (Lipinski definition) is 2. The zero-order valence-electron chi connectivity index (χ0n) is 16.3. The summed E-state index contributed by atoms with van der Waals surface area (Å²) in [6.45, 7) is 18.0. The normalized spacial score (nSPS) is 39.5. The van der Waals surface area contributed by atoms with Crippen LogP contribution in [0.3, 0.4) is 0 Å². The molecule has 14 heteroatoms. The lowest BCUT2D eigenvalue weighted by atomic mass is 11.9. The molecule has 0 saturated carbocycles. The van der Waals surface area contributed by atoms with Crippen molar-refractivity contribution in [3.63, 3.8) is 0 Å². The third kappa shape index (κ3) is 8.12. The van der Waals surface area contributed by atoms with Gasteiger partial charge in [0.2, 0.25) is 0 Å². The first-order valence-electron chi connectivity index (χ1n) is 7.90. The molecular formula is C10H32O8Si6. The highest BCUT2D eigenvalue weighted by atomic mass is 28.5. The van der Waals surface area contributed by atoms with Gasteiger partial charge in [-0.1, -0.05) is 0 Å². The molecule has 1 fully saturated rings. The molecule has 1 aliphatic rings. The highest BCUT2D eigenvalue weighted by Crippen LogP contribution is 2.29. The van der Waals surface area contributed by atoms with Gasteiger partial charge in [0, 0.05) is 13.1 Å². The van der Waals surface area contributed by atoms with Crippen molar-refractivity contribution in [2.75, 3.05) is 0 Å². The second kappa shape index (κ2) is 6.86. The lowest BCUT2D eigenvalue weighted by molar-refractivity contribution is 0.149.